The molecule has 0 amide bonds. The Balaban J connectivity index is -0.000000163. The van der Waals surface area contributed by atoms with Crippen LogP contribution in [0.15, 0.2) is 0 Å². The van der Waals surface area contributed by atoms with Crippen LogP contribution in [0.2, 0.25) is 0 Å². The van der Waals surface area contributed by atoms with Crippen LogP contribution in [0.3, 0.4) is 0 Å². The average Bonchev–Trinajstić information content (AvgIpc) is 2.84. The molecule has 0 aliphatic carbocycles. The van der Waals surface area contributed by atoms with Crippen LogP contribution in [0.25, 0.3) is 0 Å². The molecule has 0 saturated heterocycles. The second-order valence-corrected chi connectivity index (χ2v) is 9.30. The number of carbonyl (C=O) groups is 1. The fraction of sp³-hybridized carbons (Fsp3) is 0.967. The Hall–Kier alpha value is 0.233. The van der Waals surface area contributed by atoms with Crippen molar-refractivity contribution in [1.82, 2.24) is 0 Å². The van der Waals surface area contributed by atoms with Crippen LogP contribution in [0.1, 0.15) is 169 Å². The summed E-state index contributed by atoms with van der Waals surface area (Å²) < 4.78 is 0. The molecule has 0 aromatic heterocycles. The summed E-state index contributed by atoms with van der Waals surface area (Å²) in [4.78, 5) is 10.2. The summed E-state index contributed by atoms with van der Waals surface area (Å²) in [6.45, 7) is 9.45. The molecule has 36 heavy (non-hydrogen) atoms. The van der Waals surface area contributed by atoms with E-state index in [0.29, 0.717) is 19.8 Å². The fourth-order valence-electron chi connectivity index (χ4n) is 3.11. The van der Waals surface area contributed by atoms with Crippen molar-refractivity contribution in [2.24, 2.45) is 0 Å². The number of aliphatic hydroxyl groups is 3. The Kier molecular flexibility index (Phi) is 66.3. The molecule has 0 atom stereocenters. The molecule has 0 unspecified atom stereocenters. The number of aliphatic hydroxyl groups excluding tert-OH is 3. The van der Waals surface area contributed by atoms with Crippen LogP contribution in [-0.2, 0) is 31.0 Å². The van der Waals surface area contributed by atoms with Crippen LogP contribution >= 0.6 is 0 Å². The maximum atomic E-state index is 10.2. The van der Waals surface area contributed by atoms with Gasteiger partial charge in [-0.3, -0.25) is 0 Å². The van der Waals surface area contributed by atoms with Crippen molar-refractivity contribution < 1.29 is 51.4 Å². The molecule has 0 aromatic carbocycles. The Bertz CT molecular complexity index is 310. The van der Waals surface area contributed by atoms with Gasteiger partial charge in [0.15, 0.2) is 0 Å². The summed E-state index contributed by atoms with van der Waals surface area (Å²) in [5.41, 5.74) is 0. The molecule has 0 saturated carbocycles. The van der Waals surface area contributed by atoms with Crippen molar-refractivity contribution in [3.63, 3.8) is 0 Å². The second kappa shape index (κ2) is 51.8. The Morgan fingerprint density at radius 2 is 0.667 bits per heavy atom. The number of unbranched alkanes of at least 4 members (excludes halogenated alkanes) is 17. The standard InChI is InChI=1S/C18H36O2.3C4H10O.Zr/c1-2-3-4-5-6-7-8-9-10-11-12-13-14-15-16-17-18(19)20;3*1-2-3-4-5;/h2-17H2,1H3,(H,19,20);3*5H,2-4H2,1H3;/q;;;;+1/p-1. The number of carboxylic acid groups (broad SMARTS) is 1. The van der Waals surface area contributed by atoms with Gasteiger partial charge in [-0.05, 0) is 32.1 Å². The third-order valence-electron chi connectivity index (χ3n) is 5.52. The molecule has 0 heterocycles. The summed E-state index contributed by atoms with van der Waals surface area (Å²) in [5, 5.41) is 34.4. The maximum absolute atomic E-state index is 10.2. The van der Waals surface area contributed by atoms with Crippen LogP contribution in [0.5, 0.6) is 0 Å². The zero-order chi connectivity index (χ0) is 27.3. The molecule has 3 N–H and O–H groups in total. The Morgan fingerprint density at radius 1 is 0.444 bits per heavy atom. The van der Waals surface area contributed by atoms with E-state index in [1.54, 1.807) is 0 Å². The molecule has 0 bridgehead atoms. The smallest absolute Gasteiger partial charge is 0.550 e. The summed E-state index contributed by atoms with van der Waals surface area (Å²) in [7, 11) is 0. The van der Waals surface area contributed by atoms with E-state index >= 15 is 0 Å². The first-order chi connectivity index (χ1) is 17.0. The van der Waals surface area contributed by atoms with Gasteiger partial charge in [-0.25, -0.2) is 0 Å². The first-order valence-corrected chi connectivity index (χ1v) is 15.0. The van der Waals surface area contributed by atoms with Crippen molar-refractivity contribution >= 4 is 5.97 Å². The van der Waals surface area contributed by atoms with Crippen LogP contribution in [0.4, 0.5) is 0 Å². The van der Waals surface area contributed by atoms with Crippen molar-refractivity contribution in [3.05, 3.63) is 0 Å². The molecule has 0 rings (SSSR count). The minimum Gasteiger partial charge on any atom is -0.550 e. The molecule has 0 aliphatic rings. The van der Waals surface area contributed by atoms with Crippen molar-refractivity contribution in [2.75, 3.05) is 19.8 Å². The number of rotatable bonds is 22. The molecule has 219 valence electrons. The number of hydrogen-bond acceptors (Lipinski definition) is 5. The minimum absolute atomic E-state index is 0. The van der Waals surface area contributed by atoms with Gasteiger partial charge in [-0.2, -0.15) is 0 Å². The Labute approximate surface area is 245 Å². The zero-order valence-electron chi connectivity index (χ0n) is 24.8. The summed E-state index contributed by atoms with van der Waals surface area (Å²) >= 11 is 0. The number of carbonyl (C=O) groups excluding carboxylic acids is 1. The van der Waals surface area contributed by atoms with E-state index in [1.165, 1.54) is 83.5 Å². The van der Waals surface area contributed by atoms with E-state index in [4.69, 9.17) is 15.3 Å². The van der Waals surface area contributed by atoms with Gasteiger partial charge >= 0.3 is 26.2 Å². The summed E-state index contributed by atoms with van der Waals surface area (Å²) in [6, 6.07) is 0. The average molecular weight is 597 g/mol. The third-order valence-corrected chi connectivity index (χ3v) is 5.52. The monoisotopic (exact) mass is 595 g/mol. The summed E-state index contributed by atoms with van der Waals surface area (Å²) in [6.07, 6.45) is 26.0. The molecule has 5 nitrogen and oxygen atoms in total. The number of carboxylic acids is 1. The van der Waals surface area contributed by atoms with Crippen molar-refractivity contribution in [1.29, 1.82) is 0 Å². The first kappa shape index (κ1) is 46.1. The number of aliphatic carboxylic acids is 1. The van der Waals surface area contributed by atoms with E-state index in [9.17, 15) is 9.90 Å². The Morgan fingerprint density at radius 3 is 0.833 bits per heavy atom. The topological polar surface area (TPSA) is 101 Å². The molecule has 0 aromatic rings. The van der Waals surface area contributed by atoms with Gasteiger partial charge in [0.1, 0.15) is 0 Å². The van der Waals surface area contributed by atoms with Gasteiger partial charge in [0.25, 0.3) is 0 Å². The molecule has 0 aliphatic heterocycles. The van der Waals surface area contributed by atoms with E-state index < -0.39 is 5.97 Å². The normalized spacial score (nSPS) is 9.53. The molecular weight excluding hydrogens is 532 g/mol. The predicted molar refractivity (Wildman–Crippen MR) is 151 cm³/mol. The van der Waals surface area contributed by atoms with Gasteiger partial charge in [-0.15, -0.1) is 0 Å². The summed E-state index contributed by atoms with van der Waals surface area (Å²) in [5.74, 6) is -0.903. The van der Waals surface area contributed by atoms with Gasteiger partial charge in [0.2, 0.25) is 0 Å². The van der Waals surface area contributed by atoms with Gasteiger partial charge in [-0.1, -0.05) is 137 Å². The van der Waals surface area contributed by atoms with E-state index in [0.717, 1.165) is 51.4 Å². The molecular formula is C30H65O5Zr. The van der Waals surface area contributed by atoms with Crippen molar-refractivity contribution in [3.8, 4) is 0 Å². The first-order valence-electron chi connectivity index (χ1n) is 15.0. The minimum atomic E-state index is -0.903. The molecule has 0 fully saturated rings. The van der Waals surface area contributed by atoms with E-state index in [1.807, 2.05) is 0 Å². The van der Waals surface area contributed by atoms with Crippen LogP contribution in [-0.4, -0.2) is 41.1 Å². The van der Waals surface area contributed by atoms with Crippen molar-refractivity contribution in [2.45, 2.75) is 169 Å². The molecule has 1 radical (unpaired) electrons. The SMILES string of the molecule is CCCCCCCCCCCCCCCCCC(=O)[O-].CCCCO.CCCCO.CCCCO.[Zr+]. The quantitative estimate of drug-likeness (QED) is 0.114. The largest absolute Gasteiger partial charge is 1.00 e. The van der Waals surface area contributed by atoms with Gasteiger partial charge < -0.3 is 25.2 Å². The number of hydrogen-bond donors (Lipinski definition) is 3. The molecule has 0 spiro atoms. The zero-order valence-corrected chi connectivity index (χ0v) is 27.3. The fourth-order valence-corrected chi connectivity index (χ4v) is 3.11. The maximum Gasteiger partial charge on any atom is 1.00 e. The molecule has 6 heteroatoms. The second-order valence-electron chi connectivity index (χ2n) is 9.30. The third kappa shape index (κ3) is 70.0. The van der Waals surface area contributed by atoms with Crippen LogP contribution in [0, 0.1) is 0 Å². The van der Waals surface area contributed by atoms with Gasteiger partial charge in [0.05, 0.1) is 0 Å². The predicted octanol–water partition coefficient (Wildman–Crippen LogP) is 7.33. The van der Waals surface area contributed by atoms with E-state index in [-0.39, 0.29) is 32.6 Å². The van der Waals surface area contributed by atoms with Gasteiger partial charge in [0, 0.05) is 25.8 Å². The van der Waals surface area contributed by atoms with Crippen LogP contribution < -0.4 is 5.11 Å². The van der Waals surface area contributed by atoms with E-state index in [2.05, 4.69) is 27.7 Å².